The molecule has 0 aliphatic carbocycles. The molecular formula is C23H25NO2. The molecule has 0 heterocycles. The Morgan fingerprint density at radius 2 is 1.46 bits per heavy atom. The van der Waals surface area contributed by atoms with Crippen LogP contribution in [0.15, 0.2) is 84.9 Å². The number of aliphatic hydroxyl groups excluding tert-OH is 1. The Labute approximate surface area is 155 Å². The third-order valence-electron chi connectivity index (χ3n) is 4.23. The van der Waals surface area contributed by atoms with Crippen LogP contribution in [0.25, 0.3) is 0 Å². The normalized spacial score (nSPS) is 11.8. The van der Waals surface area contributed by atoms with E-state index in [4.69, 9.17) is 4.74 Å². The third kappa shape index (κ3) is 5.36. The minimum atomic E-state index is -0.583. The van der Waals surface area contributed by atoms with Crippen molar-refractivity contribution in [2.45, 2.75) is 19.6 Å². The van der Waals surface area contributed by atoms with Crippen molar-refractivity contribution in [1.82, 2.24) is 0 Å². The fourth-order valence-electron chi connectivity index (χ4n) is 2.84. The molecule has 3 aromatic carbocycles. The number of nitrogens with zero attached hydrogens (tertiary/aromatic N) is 1. The van der Waals surface area contributed by atoms with E-state index >= 15 is 0 Å². The predicted molar refractivity (Wildman–Crippen MR) is 107 cm³/mol. The molecule has 0 aliphatic rings. The van der Waals surface area contributed by atoms with Crippen LogP contribution in [0.4, 0.5) is 5.69 Å². The Bertz CT molecular complexity index is 772. The quantitative estimate of drug-likeness (QED) is 0.654. The topological polar surface area (TPSA) is 32.7 Å². The van der Waals surface area contributed by atoms with Gasteiger partial charge in [0.2, 0.25) is 0 Å². The summed E-state index contributed by atoms with van der Waals surface area (Å²) in [5.74, 6) is 0.781. The van der Waals surface area contributed by atoms with Crippen molar-refractivity contribution in [2.75, 3.05) is 18.1 Å². The largest absolute Gasteiger partial charge is 0.491 e. The van der Waals surface area contributed by atoms with Crippen LogP contribution in [0.3, 0.4) is 0 Å². The predicted octanol–water partition coefficient (Wildman–Crippen LogP) is 4.44. The van der Waals surface area contributed by atoms with Gasteiger partial charge in [0.05, 0.1) is 0 Å². The van der Waals surface area contributed by atoms with Gasteiger partial charge in [-0.25, -0.2) is 0 Å². The molecule has 1 atom stereocenters. The molecule has 0 unspecified atom stereocenters. The lowest BCUT2D eigenvalue weighted by Gasteiger charge is -2.27. The first-order chi connectivity index (χ1) is 12.7. The number of aryl methyl sites for hydroxylation is 1. The molecule has 3 heteroatoms. The molecule has 26 heavy (non-hydrogen) atoms. The molecule has 3 aromatic rings. The highest BCUT2D eigenvalue weighted by molar-refractivity contribution is 5.46. The molecule has 3 nitrogen and oxygen atoms in total. The van der Waals surface area contributed by atoms with Gasteiger partial charge in [-0.15, -0.1) is 0 Å². The van der Waals surface area contributed by atoms with Gasteiger partial charge in [0.25, 0.3) is 0 Å². The van der Waals surface area contributed by atoms with Gasteiger partial charge in [0.15, 0.2) is 0 Å². The number of aliphatic hydroxyl groups is 1. The van der Waals surface area contributed by atoms with Crippen LogP contribution in [0.2, 0.25) is 0 Å². The van der Waals surface area contributed by atoms with Crippen molar-refractivity contribution < 1.29 is 9.84 Å². The third-order valence-corrected chi connectivity index (χ3v) is 4.23. The van der Waals surface area contributed by atoms with Gasteiger partial charge in [-0.05, 0) is 36.8 Å². The van der Waals surface area contributed by atoms with E-state index < -0.39 is 6.10 Å². The lowest BCUT2D eigenvalue weighted by Crippen LogP contribution is -2.35. The van der Waals surface area contributed by atoms with Crippen LogP contribution in [0.5, 0.6) is 5.75 Å². The minimum absolute atomic E-state index is 0.265. The zero-order chi connectivity index (χ0) is 18.2. The maximum Gasteiger partial charge on any atom is 0.119 e. The second-order valence-electron chi connectivity index (χ2n) is 6.48. The average molecular weight is 347 g/mol. The van der Waals surface area contributed by atoms with Gasteiger partial charge >= 0.3 is 0 Å². The van der Waals surface area contributed by atoms with E-state index in [-0.39, 0.29) is 6.61 Å². The lowest BCUT2D eigenvalue weighted by atomic mass is 10.2. The van der Waals surface area contributed by atoms with E-state index in [2.05, 4.69) is 29.2 Å². The highest BCUT2D eigenvalue weighted by atomic mass is 16.5. The summed E-state index contributed by atoms with van der Waals surface area (Å²) in [6.07, 6.45) is -0.583. The molecule has 1 N–H and O–H groups in total. The SMILES string of the molecule is Cc1ccc(OC[C@@H](O)CN(Cc2ccccc2)c2ccccc2)cc1. The number of hydrogen-bond acceptors (Lipinski definition) is 3. The molecule has 0 saturated heterocycles. The Morgan fingerprint density at radius 3 is 2.12 bits per heavy atom. The number of para-hydroxylation sites is 1. The minimum Gasteiger partial charge on any atom is -0.491 e. The molecule has 0 aromatic heterocycles. The molecular weight excluding hydrogens is 322 g/mol. The van der Waals surface area contributed by atoms with E-state index in [1.54, 1.807) is 0 Å². The van der Waals surface area contributed by atoms with Crippen LogP contribution < -0.4 is 9.64 Å². The van der Waals surface area contributed by atoms with Gasteiger partial charge in [0.1, 0.15) is 18.5 Å². The standard InChI is InChI=1S/C23H25NO2/c1-19-12-14-23(15-13-19)26-18-22(25)17-24(21-10-6-3-7-11-21)16-20-8-4-2-5-9-20/h2-15,22,25H,16-18H2,1H3/t22-/m0/s1. The van der Waals surface area contributed by atoms with Crippen molar-refractivity contribution in [1.29, 1.82) is 0 Å². The van der Waals surface area contributed by atoms with E-state index in [1.807, 2.05) is 67.6 Å². The highest BCUT2D eigenvalue weighted by Gasteiger charge is 2.14. The van der Waals surface area contributed by atoms with Crippen molar-refractivity contribution in [2.24, 2.45) is 0 Å². The summed E-state index contributed by atoms with van der Waals surface area (Å²) in [5.41, 5.74) is 3.49. The fourth-order valence-corrected chi connectivity index (χ4v) is 2.84. The smallest absolute Gasteiger partial charge is 0.119 e. The first-order valence-electron chi connectivity index (χ1n) is 8.92. The van der Waals surface area contributed by atoms with Crippen molar-refractivity contribution in [3.63, 3.8) is 0 Å². The molecule has 0 radical (unpaired) electrons. The summed E-state index contributed by atoms with van der Waals surface area (Å²) in [6.45, 7) is 3.55. The molecule has 0 amide bonds. The van der Waals surface area contributed by atoms with Crippen molar-refractivity contribution in [3.05, 3.63) is 96.1 Å². The lowest BCUT2D eigenvalue weighted by molar-refractivity contribution is 0.112. The van der Waals surface area contributed by atoms with Gasteiger partial charge in [-0.1, -0.05) is 66.2 Å². The van der Waals surface area contributed by atoms with E-state index in [0.29, 0.717) is 6.54 Å². The first-order valence-corrected chi connectivity index (χ1v) is 8.92. The van der Waals surface area contributed by atoms with Crippen LogP contribution in [-0.4, -0.2) is 24.4 Å². The summed E-state index contributed by atoms with van der Waals surface area (Å²) in [6, 6.07) is 28.3. The summed E-state index contributed by atoms with van der Waals surface area (Å²) in [5, 5.41) is 10.5. The highest BCUT2D eigenvalue weighted by Crippen LogP contribution is 2.18. The molecule has 0 spiro atoms. The van der Waals surface area contributed by atoms with Gasteiger partial charge in [0, 0.05) is 18.8 Å². The molecule has 0 saturated carbocycles. The van der Waals surface area contributed by atoms with Crippen molar-refractivity contribution >= 4 is 5.69 Å². The average Bonchev–Trinajstić information content (AvgIpc) is 2.68. The monoisotopic (exact) mass is 347 g/mol. The molecule has 0 aliphatic heterocycles. The Kier molecular flexibility index (Phi) is 6.29. The molecule has 3 rings (SSSR count). The summed E-state index contributed by atoms with van der Waals surface area (Å²) < 4.78 is 5.73. The fraction of sp³-hybridized carbons (Fsp3) is 0.217. The van der Waals surface area contributed by atoms with E-state index in [1.165, 1.54) is 11.1 Å². The number of hydrogen-bond donors (Lipinski definition) is 1. The number of benzene rings is 3. The van der Waals surface area contributed by atoms with E-state index in [0.717, 1.165) is 18.0 Å². The maximum absolute atomic E-state index is 10.5. The van der Waals surface area contributed by atoms with Crippen LogP contribution in [0.1, 0.15) is 11.1 Å². The van der Waals surface area contributed by atoms with Crippen LogP contribution in [-0.2, 0) is 6.54 Å². The van der Waals surface area contributed by atoms with Crippen LogP contribution >= 0.6 is 0 Å². The molecule has 0 fully saturated rings. The van der Waals surface area contributed by atoms with Gasteiger partial charge in [-0.3, -0.25) is 0 Å². The van der Waals surface area contributed by atoms with Crippen molar-refractivity contribution in [3.8, 4) is 5.75 Å². The zero-order valence-electron chi connectivity index (χ0n) is 15.1. The zero-order valence-corrected chi connectivity index (χ0v) is 15.1. The molecule has 134 valence electrons. The van der Waals surface area contributed by atoms with Gasteiger partial charge in [-0.2, -0.15) is 0 Å². The van der Waals surface area contributed by atoms with Crippen LogP contribution in [0, 0.1) is 6.92 Å². The molecule has 0 bridgehead atoms. The summed E-state index contributed by atoms with van der Waals surface area (Å²) in [7, 11) is 0. The summed E-state index contributed by atoms with van der Waals surface area (Å²) in [4.78, 5) is 2.18. The Hall–Kier alpha value is -2.78. The number of anilines is 1. The maximum atomic E-state index is 10.5. The second kappa shape index (κ2) is 9.07. The number of rotatable bonds is 8. The second-order valence-corrected chi connectivity index (χ2v) is 6.48. The Balaban J connectivity index is 1.63. The number of ether oxygens (including phenoxy) is 1. The van der Waals surface area contributed by atoms with Gasteiger partial charge < -0.3 is 14.7 Å². The summed E-state index contributed by atoms with van der Waals surface area (Å²) >= 11 is 0. The Morgan fingerprint density at radius 1 is 0.846 bits per heavy atom. The van der Waals surface area contributed by atoms with E-state index in [9.17, 15) is 5.11 Å². The first kappa shape index (κ1) is 18.0.